The Balaban J connectivity index is 2.11. The molecular formula is C17H11ClN2O2. The molecule has 0 saturated carbocycles. The van der Waals surface area contributed by atoms with Gasteiger partial charge in [-0.2, -0.15) is 0 Å². The molecule has 2 aromatic carbocycles. The number of aromatic nitrogens is 2. The number of aromatic hydroxyl groups is 1. The topological polar surface area (TPSA) is 58.0 Å². The summed E-state index contributed by atoms with van der Waals surface area (Å²) in [5.41, 5.74) is 1.21. The lowest BCUT2D eigenvalue weighted by Crippen LogP contribution is -2.14. The second kappa shape index (κ2) is 4.64. The number of benzene rings is 2. The van der Waals surface area contributed by atoms with Crippen LogP contribution in [0.25, 0.3) is 27.5 Å². The van der Waals surface area contributed by atoms with Gasteiger partial charge in [-0.3, -0.25) is 4.79 Å². The predicted octanol–water partition coefficient (Wildman–Crippen LogP) is 3.83. The standard InChI is InChI=1S/C17H11ClN2O2/c18-11-5-6-12-13(9-11)19-17(22)15(16(12)21)20-8-7-10-3-1-2-4-14(10)20/h1-9H,(H2,19,21,22). The number of rotatable bonds is 1. The molecule has 0 aliphatic heterocycles. The zero-order valence-corrected chi connectivity index (χ0v) is 12.1. The zero-order chi connectivity index (χ0) is 15.3. The summed E-state index contributed by atoms with van der Waals surface area (Å²) in [6, 6.07) is 14.6. The highest BCUT2D eigenvalue weighted by Gasteiger charge is 2.15. The zero-order valence-electron chi connectivity index (χ0n) is 11.4. The van der Waals surface area contributed by atoms with Crippen LogP contribution in [-0.2, 0) is 0 Å². The van der Waals surface area contributed by atoms with Gasteiger partial charge in [-0.05, 0) is 35.7 Å². The van der Waals surface area contributed by atoms with E-state index in [1.165, 1.54) is 0 Å². The Morgan fingerprint density at radius 1 is 1.09 bits per heavy atom. The summed E-state index contributed by atoms with van der Waals surface area (Å²) in [6.07, 6.45) is 1.77. The fourth-order valence-electron chi connectivity index (χ4n) is 2.74. The van der Waals surface area contributed by atoms with Crippen LogP contribution in [0, 0.1) is 0 Å². The number of aromatic amines is 1. The summed E-state index contributed by atoms with van der Waals surface area (Å²) in [6.45, 7) is 0. The van der Waals surface area contributed by atoms with Crippen LogP contribution in [0.4, 0.5) is 0 Å². The maximum absolute atomic E-state index is 12.4. The van der Waals surface area contributed by atoms with Gasteiger partial charge in [0, 0.05) is 16.6 Å². The number of nitrogens with one attached hydrogen (secondary N) is 1. The molecule has 0 amide bonds. The van der Waals surface area contributed by atoms with Crippen molar-refractivity contribution in [3.63, 3.8) is 0 Å². The monoisotopic (exact) mass is 310 g/mol. The molecule has 4 nitrogen and oxygen atoms in total. The van der Waals surface area contributed by atoms with Crippen molar-refractivity contribution in [1.29, 1.82) is 0 Å². The van der Waals surface area contributed by atoms with Crippen LogP contribution in [0.1, 0.15) is 0 Å². The third kappa shape index (κ3) is 1.81. The maximum Gasteiger partial charge on any atom is 0.276 e. The minimum atomic E-state index is -0.367. The number of hydrogen-bond donors (Lipinski definition) is 2. The Morgan fingerprint density at radius 3 is 2.77 bits per heavy atom. The Morgan fingerprint density at radius 2 is 1.91 bits per heavy atom. The predicted molar refractivity (Wildman–Crippen MR) is 88.1 cm³/mol. The second-order valence-corrected chi connectivity index (χ2v) is 5.52. The van der Waals surface area contributed by atoms with E-state index >= 15 is 0 Å². The molecule has 2 N–H and O–H groups in total. The summed E-state index contributed by atoms with van der Waals surface area (Å²) in [7, 11) is 0. The van der Waals surface area contributed by atoms with E-state index < -0.39 is 0 Å². The molecule has 0 spiro atoms. The number of hydrogen-bond acceptors (Lipinski definition) is 2. The van der Waals surface area contributed by atoms with Gasteiger partial charge in [-0.25, -0.2) is 0 Å². The molecule has 2 aromatic heterocycles. The highest BCUT2D eigenvalue weighted by molar-refractivity contribution is 6.31. The molecule has 4 aromatic rings. The van der Waals surface area contributed by atoms with Crippen LogP contribution >= 0.6 is 11.6 Å². The first-order chi connectivity index (χ1) is 10.6. The SMILES string of the molecule is O=c1[nH]c2cc(Cl)ccc2c(O)c1-n1ccc2ccccc21. The van der Waals surface area contributed by atoms with Crippen molar-refractivity contribution in [2.45, 2.75) is 0 Å². The van der Waals surface area contributed by atoms with Crippen molar-refractivity contribution < 1.29 is 5.11 Å². The van der Waals surface area contributed by atoms with Gasteiger partial charge in [0.25, 0.3) is 5.56 Å². The third-order valence-corrected chi connectivity index (χ3v) is 4.00. The lowest BCUT2D eigenvalue weighted by Gasteiger charge is -2.10. The normalized spacial score (nSPS) is 11.3. The van der Waals surface area contributed by atoms with Gasteiger partial charge >= 0.3 is 0 Å². The number of halogens is 1. The van der Waals surface area contributed by atoms with Crippen LogP contribution in [0.5, 0.6) is 5.75 Å². The highest BCUT2D eigenvalue weighted by Crippen LogP contribution is 2.31. The van der Waals surface area contributed by atoms with Crippen LogP contribution < -0.4 is 5.56 Å². The fraction of sp³-hybridized carbons (Fsp3) is 0. The second-order valence-electron chi connectivity index (χ2n) is 5.09. The van der Waals surface area contributed by atoms with Crippen molar-refractivity contribution >= 4 is 33.4 Å². The maximum atomic E-state index is 12.4. The number of fused-ring (bicyclic) bond motifs is 2. The number of nitrogens with zero attached hydrogens (tertiary/aromatic N) is 1. The molecule has 0 unspecified atom stereocenters. The number of H-pyrrole nitrogens is 1. The molecular weight excluding hydrogens is 300 g/mol. The summed E-state index contributed by atoms with van der Waals surface area (Å²) >= 11 is 5.93. The van der Waals surface area contributed by atoms with E-state index in [0.29, 0.717) is 15.9 Å². The van der Waals surface area contributed by atoms with Crippen molar-refractivity contribution in [1.82, 2.24) is 9.55 Å². The van der Waals surface area contributed by atoms with Crippen LogP contribution in [0.3, 0.4) is 0 Å². The lowest BCUT2D eigenvalue weighted by atomic mass is 10.2. The third-order valence-electron chi connectivity index (χ3n) is 3.76. The lowest BCUT2D eigenvalue weighted by molar-refractivity contribution is 0.478. The van der Waals surface area contributed by atoms with Gasteiger partial charge in [0.15, 0.2) is 11.4 Å². The van der Waals surface area contributed by atoms with Gasteiger partial charge in [0.1, 0.15) is 0 Å². The molecule has 0 bridgehead atoms. The molecule has 0 atom stereocenters. The van der Waals surface area contributed by atoms with E-state index in [4.69, 9.17) is 11.6 Å². The van der Waals surface area contributed by atoms with E-state index in [1.54, 1.807) is 29.0 Å². The van der Waals surface area contributed by atoms with E-state index in [1.807, 2.05) is 30.3 Å². The molecule has 22 heavy (non-hydrogen) atoms. The smallest absolute Gasteiger partial charge is 0.276 e. The Kier molecular flexibility index (Phi) is 2.74. The summed E-state index contributed by atoms with van der Waals surface area (Å²) in [5, 5.41) is 12.6. The molecule has 0 saturated heterocycles. The van der Waals surface area contributed by atoms with Gasteiger partial charge in [0.2, 0.25) is 0 Å². The van der Waals surface area contributed by atoms with Gasteiger partial charge in [-0.15, -0.1) is 0 Å². The Labute approximate surface area is 130 Å². The Hall–Kier alpha value is -2.72. The van der Waals surface area contributed by atoms with Crippen molar-refractivity contribution in [3.8, 4) is 11.4 Å². The average Bonchev–Trinajstić information content (AvgIpc) is 2.91. The minimum Gasteiger partial charge on any atom is -0.505 e. The molecule has 5 heteroatoms. The summed E-state index contributed by atoms with van der Waals surface area (Å²) < 4.78 is 1.69. The van der Waals surface area contributed by atoms with E-state index in [0.717, 1.165) is 10.9 Å². The van der Waals surface area contributed by atoms with Gasteiger partial charge < -0.3 is 14.7 Å². The van der Waals surface area contributed by atoms with Crippen molar-refractivity contribution in [3.05, 3.63) is 70.1 Å². The first-order valence-electron chi connectivity index (χ1n) is 6.76. The largest absolute Gasteiger partial charge is 0.505 e. The molecule has 0 radical (unpaired) electrons. The Bertz CT molecular complexity index is 1080. The fourth-order valence-corrected chi connectivity index (χ4v) is 2.92. The molecule has 4 rings (SSSR count). The van der Waals surface area contributed by atoms with Crippen molar-refractivity contribution in [2.75, 3.05) is 0 Å². The number of para-hydroxylation sites is 1. The van der Waals surface area contributed by atoms with Crippen LogP contribution in [-0.4, -0.2) is 14.7 Å². The van der Waals surface area contributed by atoms with Crippen LogP contribution in [0.2, 0.25) is 5.02 Å². The van der Waals surface area contributed by atoms with E-state index in [2.05, 4.69) is 4.98 Å². The quantitative estimate of drug-likeness (QED) is 0.561. The molecule has 0 fully saturated rings. The first kappa shape index (κ1) is 13.0. The van der Waals surface area contributed by atoms with E-state index in [-0.39, 0.29) is 17.0 Å². The van der Waals surface area contributed by atoms with Crippen molar-refractivity contribution in [2.24, 2.45) is 0 Å². The van der Waals surface area contributed by atoms with Gasteiger partial charge in [-0.1, -0.05) is 29.8 Å². The molecule has 108 valence electrons. The summed E-state index contributed by atoms with van der Waals surface area (Å²) in [4.78, 5) is 15.2. The molecule has 0 aliphatic carbocycles. The molecule has 2 heterocycles. The number of pyridine rings is 1. The highest BCUT2D eigenvalue weighted by atomic mass is 35.5. The first-order valence-corrected chi connectivity index (χ1v) is 7.14. The average molecular weight is 311 g/mol. The van der Waals surface area contributed by atoms with Crippen LogP contribution in [0.15, 0.2) is 59.5 Å². The van der Waals surface area contributed by atoms with Gasteiger partial charge in [0.05, 0.1) is 11.0 Å². The summed E-state index contributed by atoms with van der Waals surface area (Å²) in [5.74, 6) is -0.0585. The van der Waals surface area contributed by atoms with E-state index in [9.17, 15) is 9.90 Å². The minimum absolute atomic E-state index is 0.0585. The molecule has 0 aliphatic rings.